The van der Waals surface area contributed by atoms with E-state index in [0.717, 1.165) is 12.2 Å². The molecule has 10 nitrogen and oxygen atoms in total. The third kappa shape index (κ3) is 17.0. The van der Waals surface area contributed by atoms with Crippen molar-refractivity contribution in [1.82, 2.24) is 9.97 Å². The first-order valence-corrected chi connectivity index (χ1v) is 11.5. The Morgan fingerprint density at radius 3 is 1.10 bits per heavy atom. The Morgan fingerprint density at radius 2 is 0.854 bits per heavy atom. The molecule has 0 bridgehead atoms. The first-order valence-electron chi connectivity index (χ1n) is 11.5. The number of carbonyl (C=O) groups is 4. The molecule has 0 spiro atoms. The van der Waals surface area contributed by atoms with Crippen LogP contribution in [0, 0.1) is 0 Å². The summed E-state index contributed by atoms with van der Waals surface area (Å²) in [6.45, 7) is 5.80. The van der Waals surface area contributed by atoms with Crippen LogP contribution in [-0.2, 0) is 29.1 Å². The fourth-order valence-corrected chi connectivity index (χ4v) is 2.43. The van der Waals surface area contributed by atoms with Gasteiger partial charge in [0.25, 0.3) is 11.8 Å². The van der Waals surface area contributed by atoms with Crippen molar-refractivity contribution in [2.24, 2.45) is 0 Å². The minimum absolute atomic E-state index is 0. The van der Waals surface area contributed by atoms with Crippen molar-refractivity contribution in [3.05, 3.63) is 146 Å². The van der Waals surface area contributed by atoms with E-state index in [0.29, 0.717) is 22.8 Å². The van der Waals surface area contributed by atoms with E-state index < -0.39 is 11.9 Å². The Balaban J connectivity index is 0.000000581. The number of amides is 2. The minimum Gasteiger partial charge on any atom is -0.545 e. The van der Waals surface area contributed by atoms with Crippen molar-refractivity contribution in [2.45, 2.75) is 0 Å². The average Bonchev–Trinajstić information content (AvgIpc) is 3.00. The summed E-state index contributed by atoms with van der Waals surface area (Å²) in [7, 11) is 0. The zero-order valence-corrected chi connectivity index (χ0v) is 25.0. The Bertz CT molecular complexity index is 1250. The van der Waals surface area contributed by atoms with Gasteiger partial charge in [0.2, 0.25) is 0 Å². The van der Waals surface area contributed by atoms with Crippen LogP contribution in [0.4, 0.5) is 11.6 Å². The Labute approximate surface area is 250 Å². The number of aromatic nitrogens is 2. The zero-order valence-electron chi connectivity index (χ0n) is 22.0. The molecule has 0 saturated carbocycles. The molecule has 2 N–H and O–H groups in total. The smallest absolute Gasteiger partial charge is 0.545 e. The second-order valence-electron chi connectivity index (χ2n) is 7.12. The van der Waals surface area contributed by atoms with E-state index in [2.05, 4.69) is 33.8 Å². The van der Waals surface area contributed by atoms with Gasteiger partial charge in [0.05, 0.1) is 11.9 Å². The predicted octanol–water partition coefficient (Wildman–Crippen LogP) is 2.51. The summed E-state index contributed by atoms with van der Waals surface area (Å²) >= 11 is 0. The molecule has 0 fully saturated rings. The normalized spacial score (nSPS) is 8.59. The SMILES string of the molecule is C=CC(=O)[O-].C=CC(=O)[O-].O=C(Nc1ccccn1)c1ccccc1.O=C(Nc1ccccn1)c1ccccc1.[Zn+2]. The van der Waals surface area contributed by atoms with Gasteiger partial charge in [-0.3, -0.25) is 9.59 Å². The van der Waals surface area contributed by atoms with E-state index in [9.17, 15) is 9.59 Å². The van der Waals surface area contributed by atoms with Crippen LogP contribution in [0.3, 0.4) is 0 Å². The molecule has 11 heteroatoms. The first-order chi connectivity index (χ1) is 19.3. The molecule has 2 aromatic carbocycles. The molecular formula is C30H26N4O6Zn. The molecule has 41 heavy (non-hydrogen) atoms. The monoisotopic (exact) mass is 602 g/mol. The molecule has 204 valence electrons. The van der Waals surface area contributed by atoms with Gasteiger partial charge < -0.3 is 30.4 Å². The zero-order chi connectivity index (χ0) is 29.6. The van der Waals surface area contributed by atoms with Gasteiger partial charge in [-0.2, -0.15) is 0 Å². The van der Waals surface area contributed by atoms with Crippen LogP contribution >= 0.6 is 0 Å². The van der Waals surface area contributed by atoms with Crippen LogP contribution in [-0.4, -0.2) is 33.7 Å². The number of carboxylic acids is 2. The third-order valence-corrected chi connectivity index (χ3v) is 4.22. The maximum Gasteiger partial charge on any atom is 2.00 e. The number of nitrogens with zero attached hydrogens (tertiary/aromatic N) is 2. The second-order valence-corrected chi connectivity index (χ2v) is 7.12. The summed E-state index contributed by atoms with van der Waals surface area (Å²) in [6.07, 6.45) is 4.72. The van der Waals surface area contributed by atoms with E-state index in [1.54, 1.807) is 60.9 Å². The van der Waals surface area contributed by atoms with E-state index in [1.165, 1.54) is 0 Å². The Hall–Kier alpha value is -5.28. The molecule has 0 aliphatic rings. The van der Waals surface area contributed by atoms with Gasteiger partial charge in [0.1, 0.15) is 11.6 Å². The summed E-state index contributed by atoms with van der Waals surface area (Å²) in [5.41, 5.74) is 1.26. The molecule has 4 rings (SSSR count). The van der Waals surface area contributed by atoms with Gasteiger partial charge in [-0.25, -0.2) is 9.97 Å². The van der Waals surface area contributed by atoms with E-state index in [1.807, 2.05) is 48.5 Å². The minimum atomic E-state index is -1.23. The molecule has 2 aromatic heterocycles. The number of carbonyl (C=O) groups excluding carboxylic acids is 4. The van der Waals surface area contributed by atoms with Gasteiger partial charge >= 0.3 is 19.5 Å². The molecule has 4 aromatic rings. The van der Waals surface area contributed by atoms with E-state index in [-0.39, 0.29) is 31.3 Å². The predicted molar refractivity (Wildman–Crippen MR) is 148 cm³/mol. The van der Waals surface area contributed by atoms with Crippen LogP contribution in [0.2, 0.25) is 0 Å². The van der Waals surface area contributed by atoms with Crippen molar-refractivity contribution < 1.29 is 48.9 Å². The van der Waals surface area contributed by atoms with Crippen LogP contribution in [0.1, 0.15) is 20.7 Å². The van der Waals surface area contributed by atoms with Gasteiger partial charge in [-0.05, 0) is 60.7 Å². The standard InChI is InChI=1S/2C12H10N2O.2C3H4O2.Zn/c2*15-12(10-6-2-1-3-7-10)14-11-8-4-5-9-13-11;2*1-2-3(4)5;/h2*1-9H,(H,13,14,15);2*2H,1H2,(H,4,5);/q;;;;+2/p-2. The van der Waals surface area contributed by atoms with Crippen molar-refractivity contribution in [2.75, 3.05) is 10.6 Å². The summed E-state index contributed by atoms with van der Waals surface area (Å²) in [4.78, 5) is 49.6. The van der Waals surface area contributed by atoms with Crippen molar-refractivity contribution >= 4 is 35.4 Å². The number of hydrogen-bond donors (Lipinski definition) is 2. The third-order valence-electron chi connectivity index (χ3n) is 4.22. The molecule has 2 heterocycles. The van der Waals surface area contributed by atoms with Gasteiger partial charge in [-0.1, -0.05) is 61.7 Å². The van der Waals surface area contributed by atoms with E-state index >= 15 is 0 Å². The number of carboxylic acid groups (broad SMARTS) is 2. The van der Waals surface area contributed by atoms with Gasteiger partial charge in [0.15, 0.2) is 0 Å². The second kappa shape index (κ2) is 21.6. The Kier molecular flexibility index (Phi) is 18.9. The van der Waals surface area contributed by atoms with Crippen LogP contribution < -0.4 is 20.8 Å². The molecule has 0 saturated heterocycles. The van der Waals surface area contributed by atoms with Gasteiger partial charge in [-0.15, -0.1) is 0 Å². The molecule has 0 aliphatic carbocycles. The largest absolute Gasteiger partial charge is 2.00 e. The molecular weight excluding hydrogens is 578 g/mol. The molecule has 0 aliphatic heterocycles. The number of benzene rings is 2. The maximum atomic E-state index is 11.7. The number of rotatable bonds is 6. The van der Waals surface area contributed by atoms with Crippen LogP contribution in [0.25, 0.3) is 0 Å². The topological polar surface area (TPSA) is 164 Å². The van der Waals surface area contributed by atoms with Crippen LogP contribution in [0.15, 0.2) is 135 Å². The summed E-state index contributed by atoms with van der Waals surface area (Å²) in [5.74, 6) is -1.63. The summed E-state index contributed by atoms with van der Waals surface area (Å²) in [5, 5.41) is 23.7. The summed E-state index contributed by atoms with van der Waals surface area (Å²) in [6, 6.07) is 28.9. The molecule has 0 radical (unpaired) electrons. The number of nitrogens with one attached hydrogen (secondary N) is 2. The summed E-state index contributed by atoms with van der Waals surface area (Å²) < 4.78 is 0. The number of anilines is 2. The quantitative estimate of drug-likeness (QED) is 0.251. The van der Waals surface area contributed by atoms with Crippen molar-refractivity contribution in [3.63, 3.8) is 0 Å². The van der Waals surface area contributed by atoms with E-state index in [4.69, 9.17) is 19.8 Å². The van der Waals surface area contributed by atoms with Gasteiger partial charge in [0, 0.05) is 23.5 Å². The molecule has 0 atom stereocenters. The maximum absolute atomic E-state index is 11.7. The van der Waals surface area contributed by atoms with Crippen LogP contribution in [0.5, 0.6) is 0 Å². The molecule has 2 amide bonds. The number of hydrogen-bond acceptors (Lipinski definition) is 8. The molecule has 0 unspecified atom stereocenters. The van der Waals surface area contributed by atoms with Crippen molar-refractivity contribution in [3.8, 4) is 0 Å². The average molecular weight is 604 g/mol. The van der Waals surface area contributed by atoms with Crippen molar-refractivity contribution in [1.29, 1.82) is 0 Å². The number of aliphatic carboxylic acids is 2. The Morgan fingerprint density at radius 1 is 0.561 bits per heavy atom. The number of pyridine rings is 2. The fraction of sp³-hybridized carbons (Fsp3) is 0. The fourth-order valence-electron chi connectivity index (χ4n) is 2.43. The first kappa shape index (κ1) is 35.7.